The minimum Gasteiger partial charge on any atom is -0.352 e. The number of benzene rings is 1. The molecule has 0 radical (unpaired) electrons. The summed E-state index contributed by atoms with van der Waals surface area (Å²) >= 11 is 0. The molecule has 0 bridgehead atoms. The van der Waals surface area contributed by atoms with Gasteiger partial charge >= 0.3 is 6.18 Å². The molecule has 0 atom stereocenters. The highest BCUT2D eigenvalue weighted by molar-refractivity contribution is 5.94. The van der Waals surface area contributed by atoms with Gasteiger partial charge in [-0.2, -0.15) is 13.2 Å². The van der Waals surface area contributed by atoms with Crippen molar-refractivity contribution in [3.63, 3.8) is 0 Å². The number of nitrogens with one attached hydrogen (secondary N) is 2. The zero-order valence-corrected chi connectivity index (χ0v) is 10.7. The monoisotopic (exact) mass is 274 g/mol. The molecular weight excluding hydrogens is 257 g/mol. The van der Waals surface area contributed by atoms with Crippen LogP contribution in [0.15, 0.2) is 24.3 Å². The molecule has 0 saturated carbocycles. The molecule has 0 heterocycles. The second-order valence-electron chi connectivity index (χ2n) is 4.04. The van der Waals surface area contributed by atoms with Gasteiger partial charge < -0.3 is 10.6 Å². The largest absolute Gasteiger partial charge is 0.416 e. The lowest BCUT2D eigenvalue weighted by Gasteiger charge is -2.09. The third kappa shape index (κ3) is 5.30. The van der Waals surface area contributed by atoms with Crippen molar-refractivity contribution < 1.29 is 18.0 Å². The first-order valence-electron chi connectivity index (χ1n) is 6.11. The van der Waals surface area contributed by atoms with E-state index >= 15 is 0 Å². The van der Waals surface area contributed by atoms with Crippen molar-refractivity contribution in [1.82, 2.24) is 10.6 Å². The van der Waals surface area contributed by atoms with Gasteiger partial charge in [0, 0.05) is 12.1 Å². The second kappa shape index (κ2) is 7.13. The Labute approximate surface area is 110 Å². The lowest BCUT2D eigenvalue weighted by atomic mass is 10.1. The van der Waals surface area contributed by atoms with Crippen LogP contribution in [-0.4, -0.2) is 25.5 Å². The van der Waals surface area contributed by atoms with Gasteiger partial charge in [-0.05, 0) is 37.7 Å². The molecule has 6 heteroatoms. The fourth-order valence-corrected chi connectivity index (χ4v) is 1.53. The summed E-state index contributed by atoms with van der Waals surface area (Å²) in [5.41, 5.74) is -0.786. The maximum atomic E-state index is 12.5. The van der Waals surface area contributed by atoms with Crippen molar-refractivity contribution in [2.75, 3.05) is 19.6 Å². The predicted molar refractivity (Wildman–Crippen MR) is 66.9 cm³/mol. The Bertz CT molecular complexity index is 419. The van der Waals surface area contributed by atoms with Gasteiger partial charge in [0.1, 0.15) is 0 Å². The Hall–Kier alpha value is -1.56. The zero-order chi connectivity index (χ0) is 14.3. The van der Waals surface area contributed by atoms with Gasteiger partial charge in [0.25, 0.3) is 5.91 Å². The summed E-state index contributed by atoms with van der Waals surface area (Å²) in [5.74, 6) is -0.484. The molecule has 0 aliphatic rings. The van der Waals surface area contributed by atoms with Crippen LogP contribution in [0.5, 0.6) is 0 Å². The molecule has 19 heavy (non-hydrogen) atoms. The van der Waals surface area contributed by atoms with Gasteiger partial charge in [-0.15, -0.1) is 0 Å². The summed E-state index contributed by atoms with van der Waals surface area (Å²) in [4.78, 5) is 11.7. The first kappa shape index (κ1) is 15.5. The standard InChI is InChI=1S/C13H17F3N2O/c1-2-17-7-4-8-18-12(19)10-5-3-6-11(9-10)13(14,15)16/h3,5-6,9,17H,2,4,7-8H2,1H3,(H,18,19). The molecule has 0 fully saturated rings. The first-order chi connectivity index (χ1) is 8.95. The molecule has 0 unspecified atom stereocenters. The molecule has 1 aromatic carbocycles. The number of rotatable bonds is 6. The van der Waals surface area contributed by atoms with E-state index in [0.717, 1.165) is 31.6 Å². The van der Waals surface area contributed by atoms with Crippen molar-refractivity contribution >= 4 is 5.91 Å². The summed E-state index contributed by atoms with van der Waals surface area (Å²) in [7, 11) is 0. The summed E-state index contributed by atoms with van der Waals surface area (Å²) in [6.07, 6.45) is -3.69. The van der Waals surface area contributed by atoms with E-state index < -0.39 is 17.6 Å². The van der Waals surface area contributed by atoms with Gasteiger partial charge in [-0.1, -0.05) is 13.0 Å². The van der Waals surface area contributed by atoms with Gasteiger partial charge in [0.15, 0.2) is 0 Å². The van der Waals surface area contributed by atoms with E-state index in [2.05, 4.69) is 10.6 Å². The summed E-state index contributed by atoms with van der Waals surface area (Å²) in [6.45, 7) is 4.02. The molecule has 0 aliphatic carbocycles. The lowest BCUT2D eigenvalue weighted by Crippen LogP contribution is -2.27. The second-order valence-corrected chi connectivity index (χ2v) is 4.04. The highest BCUT2D eigenvalue weighted by atomic mass is 19.4. The van der Waals surface area contributed by atoms with Crippen LogP contribution >= 0.6 is 0 Å². The van der Waals surface area contributed by atoms with Crippen LogP contribution < -0.4 is 10.6 Å². The van der Waals surface area contributed by atoms with Crippen LogP contribution in [0.4, 0.5) is 13.2 Å². The predicted octanol–water partition coefficient (Wildman–Crippen LogP) is 2.43. The molecule has 0 saturated heterocycles. The summed E-state index contributed by atoms with van der Waals surface area (Å²) < 4.78 is 37.4. The fraction of sp³-hybridized carbons (Fsp3) is 0.462. The minimum absolute atomic E-state index is 0.0262. The molecule has 0 aromatic heterocycles. The maximum Gasteiger partial charge on any atom is 0.416 e. The fourth-order valence-electron chi connectivity index (χ4n) is 1.53. The number of carbonyl (C=O) groups excluding carboxylic acids is 1. The zero-order valence-electron chi connectivity index (χ0n) is 10.7. The van der Waals surface area contributed by atoms with E-state index in [0.29, 0.717) is 6.54 Å². The first-order valence-corrected chi connectivity index (χ1v) is 6.11. The molecule has 0 aliphatic heterocycles. The Morgan fingerprint density at radius 1 is 1.26 bits per heavy atom. The quantitative estimate of drug-likeness (QED) is 0.782. The highest BCUT2D eigenvalue weighted by Crippen LogP contribution is 2.29. The SMILES string of the molecule is CCNCCCNC(=O)c1cccc(C(F)(F)F)c1. The molecule has 106 valence electrons. The molecular formula is C13H17F3N2O. The Balaban J connectivity index is 2.53. The molecule has 0 spiro atoms. The highest BCUT2D eigenvalue weighted by Gasteiger charge is 2.30. The van der Waals surface area contributed by atoms with Crippen molar-refractivity contribution in [3.05, 3.63) is 35.4 Å². The van der Waals surface area contributed by atoms with Gasteiger partial charge in [0.2, 0.25) is 0 Å². The van der Waals surface area contributed by atoms with E-state index in [-0.39, 0.29) is 5.56 Å². The van der Waals surface area contributed by atoms with Crippen molar-refractivity contribution in [1.29, 1.82) is 0 Å². The average molecular weight is 274 g/mol. The number of amides is 1. The average Bonchev–Trinajstić information content (AvgIpc) is 2.37. The number of carbonyl (C=O) groups is 1. The Morgan fingerprint density at radius 3 is 2.63 bits per heavy atom. The number of hydrogen-bond acceptors (Lipinski definition) is 2. The van der Waals surface area contributed by atoms with Crippen LogP contribution in [0.25, 0.3) is 0 Å². The van der Waals surface area contributed by atoms with Crippen LogP contribution in [0.3, 0.4) is 0 Å². The van der Waals surface area contributed by atoms with Crippen LogP contribution in [0, 0.1) is 0 Å². The van der Waals surface area contributed by atoms with E-state index in [1.165, 1.54) is 12.1 Å². The van der Waals surface area contributed by atoms with Crippen molar-refractivity contribution in [3.8, 4) is 0 Å². The topological polar surface area (TPSA) is 41.1 Å². The summed E-state index contributed by atoms with van der Waals surface area (Å²) in [6, 6.07) is 4.41. The van der Waals surface area contributed by atoms with Gasteiger partial charge in [-0.25, -0.2) is 0 Å². The number of alkyl halides is 3. The molecule has 1 amide bonds. The Morgan fingerprint density at radius 2 is 2.00 bits per heavy atom. The van der Waals surface area contributed by atoms with E-state index in [9.17, 15) is 18.0 Å². The van der Waals surface area contributed by atoms with Crippen LogP contribution in [-0.2, 0) is 6.18 Å². The molecule has 1 aromatic rings. The number of hydrogen-bond donors (Lipinski definition) is 2. The van der Waals surface area contributed by atoms with Crippen LogP contribution in [0.2, 0.25) is 0 Å². The van der Waals surface area contributed by atoms with E-state index in [1.54, 1.807) is 0 Å². The van der Waals surface area contributed by atoms with Crippen LogP contribution in [0.1, 0.15) is 29.3 Å². The minimum atomic E-state index is -4.43. The normalized spacial score (nSPS) is 11.4. The third-order valence-electron chi connectivity index (χ3n) is 2.52. The molecule has 3 nitrogen and oxygen atoms in total. The van der Waals surface area contributed by atoms with Crippen molar-refractivity contribution in [2.45, 2.75) is 19.5 Å². The Kier molecular flexibility index (Phi) is 5.82. The van der Waals surface area contributed by atoms with Gasteiger partial charge in [0.05, 0.1) is 5.56 Å². The number of halogens is 3. The molecule has 1 rings (SSSR count). The summed E-state index contributed by atoms with van der Waals surface area (Å²) in [5, 5.41) is 5.68. The van der Waals surface area contributed by atoms with E-state index in [4.69, 9.17) is 0 Å². The molecule has 2 N–H and O–H groups in total. The smallest absolute Gasteiger partial charge is 0.352 e. The van der Waals surface area contributed by atoms with Gasteiger partial charge in [-0.3, -0.25) is 4.79 Å². The van der Waals surface area contributed by atoms with Crippen molar-refractivity contribution in [2.24, 2.45) is 0 Å². The third-order valence-corrected chi connectivity index (χ3v) is 2.52. The maximum absolute atomic E-state index is 12.5. The van der Waals surface area contributed by atoms with E-state index in [1.807, 2.05) is 6.92 Å². The lowest BCUT2D eigenvalue weighted by molar-refractivity contribution is -0.137.